The molecule has 2 saturated carbocycles. The number of anilines is 2. The Morgan fingerprint density at radius 2 is 1.97 bits per heavy atom. The zero-order valence-electron chi connectivity index (χ0n) is 19.2. The summed E-state index contributed by atoms with van der Waals surface area (Å²) in [6.07, 6.45) is 8.29. The number of rotatable bonds is 4. The maximum absolute atomic E-state index is 6.54. The van der Waals surface area contributed by atoms with Crippen LogP contribution in [0.4, 0.5) is 11.6 Å². The summed E-state index contributed by atoms with van der Waals surface area (Å²) in [5.74, 6) is 0.793. The van der Waals surface area contributed by atoms with Crippen LogP contribution in [0.3, 0.4) is 0 Å². The van der Waals surface area contributed by atoms with Gasteiger partial charge in [0, 0.05) is 11.6 Å². The first-order valence-electron chi connectivity index (χ1n) is 11.8. The van der Waals surface area contributed by atoms with Gasteiger partial charge in [0.1, 0.15) is 29.7 Å². The molecule has 0 amide bonds. The summed E-state index contributed by atoms with van der Waals surface area (Å²) in [4.78, 5) is 17.5. The standard InChI is InChI=1S/C25H27N7O2/c1-24(2)33-20-19(32-8-6-14-22(27)29-12-30-23(14)32)15-10-25(15,21(20)34-24)7-5-13-3-4-16-17(9-13)31-18(26)11-28-16/h3-4,6,8-9,11-12,15,19-21H,5,7,10H2,1-2H3,(H2,26,31)(H2,27,29,30)/t15-,19-,20+,21+,25-/m1/s1. The fourth-order valence-corrected chi connectivity index (χ4v) is 6.47. The van der Waals surface area contributed by atoms with Gasteiger partial charge in [0.2, 0.25) is 0 Å². The summed E-state index contributed by atoms with van der Waals surface area (Å²) >= 11 is 0. The molecule has 5 atom stereocenters. The average Bonchev–Trinajstić information content (AvgIpc) is 3.05. The number of aryl methyl sites for hydroxylation is 1. The predicted molar refractivity (Wildman–Crippen MR) is 128 cm³/mol. The second kappa shape index (κ2) is 6.64. The van der Waals surface area contributed by atoms with Gasteiger partial charge in [-0.15, -0.1) is 0 Å². The number of nitrogen functional groups attached to an aromatic ring is 2. The molecule has 9 heteroatoms. The Morgan fingerprint density at radius 3 is 2.85 bits per heavy atom. The molecule has 7 rings (SSSR count). The Kier molecular flexibility index (Phi) is 3.93. The molecule has 0 spiro atoms. The van der Waals surface area contributed by atoms with Crippen molar-refractivity contribution in [3.8, 4) is 0 Å². The van der Waals surface area contributed by atoms with Crippen molar-refractivity contribution in [1.29, 1.82) is 0 Å². The van der Waals surface area contributed by atoms with E-state index in [9.17, 15) is 0 Å². The van der Waals surface area contributed by atoms with Gasteiger partial charge in [-0.3, -0.25) is 4.98 Å². The highest BCUT2D eigenvalue weighted by Gasteiger charge is 2.75. The summed E-state index contributed by atoms with van der Waals surface area (Å²) < 4.78 is 15.3. The molecule has 2 aliphatic carbocycles. The minimum absolute atomic E-state index is 0.0252. The molecule has 3 fully saturated rings. The predicted octanol–water partition coefficient (Wildman–Crippen LogP) is 3.25. The Morgan fingerprint density at radius 1 is 1.09 bits per heavy atom. The van der Waals surface area contributed by atoms with E-state index in [0.717, 1.165) is 41.3 Å². The molecular weight excluding hydrogens is 430 g/mol. The lowest BCUT2D eigenvalue weighted by Gasteiger charge is -2.24. The molecule has 3 aromatic heterocycles. The van der Waals surface area contributed by atoms with Crippen LogP contribution < -0.4 is 11.5 Å². The van der Waals surface area contributed by atoms with E-state index in [1.54, 1.807) is 6.20 Å². The third kappa shape index (κ3) is 2.80. The van der Waals surface area contributed by atoms with E-state index in [0.29, 0.717) is 17.6 Å². The summed E-state index contributed by atoms with van der Waals surface area (Å²) in [6, 6.07) is 8.42. The molecular formula is C25H27N7O2. The van der Waals surface area contributed by atoms with Crippen molar-refractivity contribution in [3.05, 3.63) is 48.5 Å². The summed E-state index contributed by atoms with van der Waals surface area (Å²) in [5, 5.41) is 0.881. The second-order valence-electron chi connectivity index (χ2n) is 10.4. The van der Waals surface area contributed by atoms with Crippen molar-refractivity contribution in [1.82, 2.24) is 24.5 Å². The zero-order chi connectivity index (χ0) is 23.2. The van der Waals surface area contributed by atoms with Crippen LogP contribution in [0.1, 0.15) is 38.3 Å². The Hall–Kier alpha value is -3.30. The lowest BCUT2D eigenvalue weighted by Crippen LogP contribution is -2.32. The Bertz CT molecular complexity index is 1450. The normalized spacial score (nSPS) is 31.1. The first kappa shape index (κ1) is 20.1. The number of fused-ring (bicyclic) bond motifs is 5. The highest BCUT2D eigenvalue weighted by atomic mass is 16.8. The third-order valence-electron chi connectivity index (χ3n) is 7.99. The van der Waals surface area contributed by atoms with E-state index in [4.69, 9.17) is 20.9 Å². The number of nitrogens with zero attached hydrogens (tertiary/aromatic N) is 5. The van der Waals surface area contributed by atoms with Gasteiger partial charge in [0.05, 0.1) is 34.8 Å². The molecule has 0 unspecified atom stereocenters. The van der Waals surface area contributed by atoms with Crippen molar-refractivity contribution in [3.63, 3.8) is 0 Å². The third-order valence-corrected chi connectivity index (χ3v) is 7.99. The molecule has 1 saturated heterocycles. The Labute approximate surface area is 196 Å². The lowest BCUT2D eigenvalue weighted by molar-refractivity contribution is -0.161. The van der Waals surface area contributed by atoms with Crippen molar-refractivity contribution in [2.45, 2.75) is 57.1 Å². The van der Waals surface area contributed by atoms with E-state index in [2.05, 4.69) is 42.8 Å². The number of hydrogen-bond acceptors (Lipinski definition) is 8. The van der Waals surface area contributed by atoms with Gasteiger partial charge in [-0.1, -0.05) is 6.07 Å². The van der Waals surface area contributed by atoms with Crippen LogP contribution in [0, 0.1) is 11.3 Å². The summed E-state index contributed by atoms with van der Waals surface area (Å²) in [5.41, 5.74) is 15.8. The number of aromatic nitrogens is 5. The van der Waals surface area contributed by atoms with Crippen LogP contribution in [0.25, 0.3) is 22.1 Å². The van der Waals surface area contributed by atoms with Gasteiger partial charge >= 0.3 is 0 Å². The molecule has 34 heavy (non-hydrogen) atoms. The molecule has 4 aromatic rings. The monoisotopic (exact) mass is 457 g/mol. The molecule has 1 aromatic carbocycles. The van der Waals surface area contributed by atoms with E-state index in [1.165, 1.54) is 11.9 Å². The van der Waals surface area contributed by atoms with E-state index in [1.807, 2.05) is 26.0 Å². The quantitative estimate of drug-likeness (QED) is 0.478. The van der Waals surface area contributed by atoms with Crippen molar-refractivity contribution in [2.75, 3.05) is 11.5 Å². The van der Waals surface area contributed by atoms with E-state index < -0.39 is 5.79 Å². The molecule has 1 aliphatic heterocycles. The van der Waals surface area contributed by atoms with Crippen LogP contribution >= 0.6 is 0 Å². The summed E-state index contributed by atoms with van der Waals surface area (Å²) in [6.45, 7) is 4.02. The molecule has 0 radical (unpaired) electrons. The van der Waals surface area contributed by atoms with Gasteiger partial charge in [-0.05, 0) is 62.8 Å². The highest BCUT2D eigenvalue weighted by molar-refractivity contribution is 5.86. The molecule has 9 nitrogen and oxygen atoms in total. The number of ether oxygens (including phenoxy) is 2. The van der Waals surface area contributed by atoms with Crippen LogP contribution in [-0.2, 0) is 15.9 Å². The zero-order valence-corrected chi connectivity index (χ0v) is 19.2. The highest BCUT2D eigenvalue weighted by Crippen LogP contribution is 2.73. The SMILES string of the molecule is CC1(C)O[C@H]2[C@H](n3ccc4c(N)ncnc43)[C@H]3C[C@@]3(CCc3ccc4ncc(N)nc4c3)[C@H]2O1. The molecule has 4 heterocycles. The minimum Gasteiger partial charge on any atom is -0.383 e. The maximum Gasteiger partial charge on any atom is 0.163 e. The first-order valence-corrected chi connectivity index (χ1v) is 11.8. The van der Waals surface area contributed by atoms with Gasteiger partial charge in [-0.2, -0.15) is 0 Å². The fraction of sp³-hybridized carbons (Fsp3) is 0.440. The van der Waals surface area contributed by atoms with E-state index >= 15 is 0 Å². The molecule has 0 bridgehead atoms. The number of hydrogen-bond donors (Lipinski definition) is 2. The summed E-state index contributed by atoms with van der Waals surface area (Å²) in [7, 11) is 0. The molecule has 174 valence electrons. The minimum atomic E-state index is -0.610. The van der Waals surface area contributed by atoms with Gasteiger partial charge in [0.15, 0.2) is 5.79 Å². The number of benzene rings is 1. The fourth-order valence-electron chi connectivity index (χ4n) is 6.47. The van der Waals surface area contributed by atoms with Crippen LogP contribution in [0.2, 0.25) is 0 Å². The van der Waals surface area contributed by atoms with Crippen LogP contribution in [0.15, 0.2) is 43.0 Å². The smallest absolute Gasteiger partial charge is 0.163 e. The maximum atomic E-state index is 6.54. The van der Waals surface area contributed by atoms with Gasteiger partial charge in [-0.25, -0.2) is 15.0 Å². The van der Waals surface area contributed by atoms with Crippen molar-refractivity contribution in [2.24, 2.45) is 11.3 Å². The largest absolute Gasteiger partial charge is 0.383 e. The average molecular weight is 458 g/mol. The van der Waals surface area contributed by atoms with Crippen LogP contribution in [-0.4, -0.2) is 42.5 Å². The van der Waals surface area contributed by atoms with Crippen LogP contribution in [0.5, 0.6) is 0 Å². The van der Waals surface area contributed by atoms with Gasteiger partial charge < -0.3 is 25.5 Å². The van der Waals surface area contributed by atoms with Crippen molar-refractivity contribution < 1.29 is 9.47 Å². The molecule has 3 aliphatic rings. The second-order valence-corrected chi connectivity index (χ2v) is 10.4. The van der Waals surface area contributed by atoms with E-state index in [-0.39, 0.29) is 23.7 Å². The van der Waals surface area contributed by atoms with Crippen molar-refractivity contribution >= 4 is 33.7 Å². The Balaban J connectivity index is 1.22. The number of nitrogens with two attached hydrogens (primary N) is 2. The van der Waals surface area contributed by atoms with Gasteiger partial charge in [0.25, 0.3) is 0 Å². The molecule has 4 N–H and O–H groups in total. The first-order chi connectivity index (χ1) is 16.3. The topological polar surface area (TPSA) is 127 Å². The lowest BCUT2D eigenvalue weighted by atomic mass is 9.91.